The fraction of sp³-hybridized carbons (Fsp3) is 0.917. The molecule has 88 valence electrons. The van der Waals surface area contributed by atoms with Crippen LogP contribution in [0.1, 0.15) is 46.5 Å². The quantitative estimate of drug-likeness (QED) is 0.687. The number of hydrogen-bond donors (Lipinski definition) is 1. The lowest BCUT2D eigenvalue weighted by Gasteiger charge is -2.41. The summed E-state index contributed by atoms with van der Waals surface area (Å²) in [5.74, 6) is -0.143. The number of nitrogens with one attached hydrogen (secondary N) is 1. The highest BCUT2D eigenvalue weighted by atomic mass is 16.5. The summed E-state index contributed by atoms with van der Waals surface area (Å²) in [6.45, 7) is 7.28. The molecule has 0 aliphatic heterocycles. The molecule has 0 unspecified atom stereocenters. The normalized spacial score (nSPS) is 18.7. The van der Waals surface area contributed by atoms with Crippen molar-refractivity contribution >= 4 is 5.97 Å². The van der Waals surface area contributed by atoms with Crippen molar-refractivity contribution < 1.29 is 9.53 Å². The topological polar surface area (TPSA) is 38.3 Å². The molecule has 1 aliphatic carbocycles. The van der Waals surface area contributed by atoms with E-state index in [-0.39, 0.29) is 12.1 Å². The highest BCUT2D eigenvalue weighted by Crippen LogP contribution is 2.42. The third-order valence-electron chi connectivity index (χ3n) is 3.30. The Hall–Kier alpha value is -0.570. The lowest BCUT2D eigenvalue weighted by atomic mass is 9.67. The predicted octanol–water partition coefficient (Wildman–Crippen LogP) is 2.11. The first-order valence-corrected chi connectivity index (χ1v) is 5.98. The van der Waals surface area contributed by atoms with Crippen LogP contribution in [-0.2, 0) is 9.53 Å². The number of carbonyl (C=O) groups is 1. The van der Waals surface area contributed by atoms with Gasteiger partial charge in [-0.1, -0.05) is 13.3 Å². The Labute approximate surface area is 92.6 Å². The van der Waals surface area contributed by atoms with Crippen molar-refractivity contribution in [3.63, 3.8) is 0 Å². The van der Waals surface area contributed by atoms with Gasteiger partial charge in [-0.15, -0.1) is 0 Å². The molecule has 1 aliphatic rings. The molecule has 0 heterocycles. The van der Waals surface area contributed by atoms with Crippen LogP contribution >= 0.6 is 0 Å². The lowest BCUT2D eigenvalue weighted by Crippen LogP contribution is -2.41. The second kappa shape index (κ2) is 5.50. The standard InChI is InChI=1S/C12H23NO2/c1-4-12(6-5-7-12)9-13-8-11(14)15-10(2)3/h10,13H,4-9H2,1-3H3. The number of rotatable bonds is 6. The molecule has 1 saturated carbocycles. The summed E-state index contributed by atoms with van der Waals surface area (Å²) < 4.78 is 5.05. The fourth-order valence-corrected chi connectivity index (χ4v) is 2.07. The van der Waals surface area contributed by atoms with E-state index in [1.165, 1.54) is 25.7 Å². The second-order valence-corrected chi connectivity index (χ2v) is 4.85. The summed E-state index contributed by atoms with van der Waals surface area (Å²) in [7, 11) is 0. The zero-order chi connectivity index (χ0) is 11.3. The lowest BCUT2D eigenvalue weighted by molar-refractivity contribution is -0.146. The third kappa shape index (κ3) is 3.82. The molecule has 3 nitrogen and oxygen atoms in total. The molecule has 0 saturated heterocycles. The van der Waals surface area contributed by atoms with Gasteiger partial charge in [0.1, 0.15) is 0 Å². The van der Waals surface area contributed by atoms with E-state index in [0.29, 0.717) is 12.0 Å². The van der Waals surface area contributed by atoms with Crippen LogP contribution in [0.5, 0.6) is 0 Å². The summed E-state index contributed by atoms with van der Waals surface area (Å²) in [5, 5.41) is 3.21. The smallest absolute Gasteiger partial charge is 0.320 e. The maximum Gasteiger partial charge on any atom is 0.320 e. The molecule has 3 heteroatoms. The molecular formula is C12H23NO2. The minimum atomic E-state index is -0.143. The van der Waals surface area contributed by atoms with Gasteiger partial charge in [0, 0.05) is 6.54 Å². The minimum Gasteiger partial charge on any atom is -0.462 e. The van der Waals surface area contributed by atoms with Crippen LogP contribution in [0.4, 0.5) is 0 Å². The molecule has 0 aromatic rings. The molecule has 0 radical (unpaired) electrons. The number of esters is 1. The third-order valence-corrected chi connectivity index (χ3v) is 3.30. The molecule has 1 rings (SSSR count). The Morgan fingerprint density at radius 3 is 2.53 bits per heavy atom. The van der Waals surface area contributed by atoms with Gasteiger partial charge < -0.3 is 10.1 Å². The first-order valence-electron chi connectivity index (χ1n) is 5.98. The van der Waals surface area contributed by atoms with Crippen molar-refractivity contribution in [2.75, 3.05) is 13.1 Å². The number of carbonyl (C=O) groups excluding carboxylic acids is 1. The Morgan fingerprint density at radius 1 is 1.47 bits per heavy atom. The average molecular weight is 213 g/mol. The molecule has 1 fully saturated rings. The van der Waals surface area contributed by atoms with Crippen LogP contribution < -0.4 is 5.32 Å². The SMILES string of the molecule is CCC1(CNCC(=O)OC(C)C)CCC1. The van der Waals surface area contributed by atoms with Gasteiger partial charge in [0.15, 0.2) is 0 Å². The molecular weight excluding hydrogens is 190 g/mol. The van der Waals surface area contributed by atoms with Gasteiger partial charge in [0.25, 0.3) is 0 Å². The largest absolute Gasteiger partial charge is 0.462 e. The van der Waals surface area contributed by atoms with E-state index < -0.39 is 0 Å². The van der Waals surface area contributed by atoms with E-state index >= 15 is 0 Å². The highest BCUT2D eigenvalue weighted by Gasteiger charge is 2.34. The van der Waals surface area contributed by atoms with Crippen molar-refractivity contribution in [2.24, 2.45) is 5.41 Å². The van der Waals surface area contributed by atoms with Gasteiger partial charge in [-0.2, -0.15) is 0 Å². The van der Waals surface area contributed by atoms with E-state index in [9.17, 15) is 4.79 Å². The molecule has 1 N–H and O–H groups in total. The highest BCUT2D eigenvalue weighted by molar-refractivity contribution is 5.71. The first kappa shape index (κ1) is 12.5. The maximum absolute atomic E-state index is 11.2. The predicted molar refractivity (Wildman–Crippen MR) is 60.7 cm³/mol. The summed E-state index contributed by atoms with van der Waals surface area (Å²) in [6.07, 6.45) is 5.14. The zero-order valence-corrected chi connectivity index (χ0v) is 10.1. The molecule has 0 amide bonds. The molecule has 0 aromatic carbocycles. The summed E-state index contributed by atoms with van der Waals surface area (Å²) in [4.78, 5) is 11.2. The van der Waals surface area contributed by atoms with Gasteiger partial charge in [-0.3, -0.25) is 4.79 Å². The Morgan fingerprint density at radius 2 is 2.13 bits per heavy atom. The van der Waals surface area contributed by atoms with Crippen LogP contribution in [-0.4, -0.2) is 25.2 Å². The molecule has 15 heavy (non-hydrogen) atoms. The summed E-state index contributed by atoms with van der Waals surface area (Å²) >= 11 is 0. The minimum absolute atomic E-state index is 0.0110. The molecule has 0 aromatic heterocycles. The first-order chi connectivity index (χ1) is 7.08. The summed E-state index contributed by atoms with van der Waals surface area (Å²) in [6, 6.07) is 0. The van der Waals surface area contributed by atoms with Crippen LogP contribution in [0.25, 0.3) is 0 Å². The number of hydrogen-bond acceptors (Lipinski definition) is 3. The van der Waals surface area contributed by atoms with Gasteiger partial charge in [-0.05, 0) is 38.5 Å². The van der Waals surface area contributed by atoms with E-state index in [2.05, 4.69) is 12.2 Å². The van der Waals surface area contributed by atoms with Crippen LogP contribution in [0.3, 0.4) is 0 Å². The van der Waals surface area contributed by atoms with Crippen molar-refractivity contribution in [2.45, 2.75) is 52.6 Å². The van der Waals surface area contributed by atoms with Crippen molar-refractivity contribution in [3.8, 4) is 0 Å². The van der Waals surface area contributed by atoms with E-state index in [1.807, 2.05) is 13.8 Å². The molecule has 0 spiro atoms. The zero-order valence-electron chi connectivity index (χ0n) is 10.1. The van der Waals surface area contributed by atoms with Gasteiger partial charge in [0.2, 0.25) is 0 Å². The average Bonchev–Trinajstić information content (AvgIpc) is 2.08. The fourth-order valence-electron chi connectivity index (χ4n) is 2.07. The van der Waals surface area contributed by atoms with Crippen molar-refractivity contribution in [1.82, 2.24) is 5.32 Å². The number of ether oxygens (including phenoxy) is 1. The van der Waals surface area contributed by atoms with Crippen molar-refractivity contribution in [1.29, 1.82) is 0 Å². The monoisotopic (exact) mass is 213 g/mol. The van der Waals surface area contributed by atoms with Crippen LogP contribution in [0.15, 0.2) is 0 Å². The Bertz CT molecular complexity index is 204. The maximum atomic E-state index is 11.2. The van der Waals surface area contributed by atoms with E-state index in [0.717, 1.165) is 6.54 Å². The molecule has 0 atom stereocenters. The van der Waals surface area contributed by atoms with Crippen LogP contribution in [0.2, 0.25) is 0 Å². The van der Waals surface area contributed by atoms with Gasteiger partial charge >= 0.3 is 5.97 Å². The van der Waals surface area contributed by atoms with Crippen LogP contribution in [0, 0.1) is 5.41 Å². The van der Waals surface area contributed by atoms with Gasteiger partial charge in [0.05, 0.1) is 12.6 Å². The Kier molecular flexibility index (Phi) is 4.58. The van der Waals surface area contributed by atoms with Gasteiger partial charge in [-0.25, -0.2) is 0 Å². The Balaban J connectivity index is 2.12. The molecule has 0 bridgehead atoms. The van der Waals surface area contributed by atoms with E-state index in [1.54, 1.807) is 0 Å². The van der Waals surface area contributed by atoms with Crippen molar-refractivity contribution in [3.05, 3.63) is 0 Å². The second-order valence-electron chi connectivity index (χ2n) is 4.85. The summed E-state index contributed by atoms with van der Waals surface area (Å²) in [5.41, 5.74) is 0.470. The van der Waals surface area contributed by atoms with E-state index in [4.69, 9.17) is 4.74 Å².